The number of nitrogens with zero attached hydrogens (tertiary/aromatic N) is 3. The maximum Gasteiger partial charge on any atom is 0.262 e. The van der Waals surface area contributed by atoms with Gasteiger partial charge >= 0.3 is 0 Å². The number of halogens is 1. The fourth-order valence-electron chi connectivity index (χ4n) is 3.05. The van der Waals surface area contributed by atoms with Crippen LogP contribution in [0.15, 0.2) is 46.3 Å². The van der Waals surface area contributed by atoms with Crippen molar-refractivity contribution >= 4 is 34.7 Å². The Morgan fingerprint density at radius 1 is 1.34 bits per heavy atom. The molecule has 0 saturated heterocycles. The molecule has 4 rings (SSSR count). The van der Waals surface area contributed by atoms with Crippen molar-refractivity contribution < 1.29 is 14.2 Å². The zero-order chi connectivity index (χ0) is 20.2. The van der Waals surface area contributed by atoms with Crippen LogP contribution in [-0.2, 0) is 11.3 Å². The third-order valence-corrected chi connectivity index (χ3v) is 4.70. The number of ether oxygens (including phenoxy) is 3. The maximum absolute atomic E-state index is 12.9. The van der Waals surface area contributed by atoms with Gasteiger partial charge in [-0.3, -0.25) is 9.36 Å². The van der Waals surface area contributed by atoms with E-state index >= 15 is 0 Å². The lowest BCUT2D eigenvalue weighted by atomic mass is 10.2. The second kappa shape index (κ2) is 8.50. The summed E-state index contributed by atoms with van der Waals surface area (Å²) in [5, 5.41) is 5.24. The number of anilines is 1. The molecule has 0 unspecified atom stereocenters. The van der Waals surface area contributed by atoms with E-state index in [-0.39, 0.29) is 12.4 Å². The molecular weight excluding hydrogens is 396 g/mol. The first kappa shape index (κ1) is 19.2. The Labute approximate surface area is 171 Å². The number of para-hydroxylation sites is 1. The van der Waals surface area contributed by atoms with E-state index in [2.05, 4.69) is 15.5 Å². The summed E-state index contributed by atoms with van der Waals surface area (Å²) in [6, 6.07) is 10.7. The van der Waals surface area contributed by atoms with Crippen molar-refractivity contribution in [2.75, 3.05) is 25.9 Å². The van der Waals surface area contributed by atoms with E-state index in [0.29, 0.717) is 52.9 Å². The molecule has 3 aromatic rings. The molecule has 2 heterocycles. The SMILES string of the molecule is COCCCn1c(N/N=C\c2cc(Cl)c3c(c2)OCO3)nc2ccccc2c1=O. The fraction of sp³-hybridized carbons (Fsp3) is 0.250. The van der Waals surface area contributed by atoms with Gasteiger partial charge in [0.25, 0.3) is 5.56 Å². The van der Waals surface area contributed by atoms with Crippen LogP contribution in [0.2, 0.25) is 5.02 Å². The minimum absolute atomic E-state index is 0.129. The number of rotatable bonds is 7. The quantitative estimate of drug-likeness (QED) is 0.363. The lowest BCUT2D eigenvalue weighted by Gasteiger charge is -2.12. The number of hydrogen-bond donors (Lipinski definition) is 1. The Balaban J connectivity index is 1.63. The van der Waals surface area contributed by atoms with Crippen molar-refractivity contribution in [3.63, 3.8) is 0 Å². The van der Waals surface area contributed by atoms with Crippen LogP contribution in [0.4, 0.5) is 5.95 Å². The number of nitrogens with one attached hydrogen (secondary N) is 1. The van der Waals surface area contributed by atoms with Crippen molar-refractivity contribution in [2.24, 2.45) is 5.10 Å². The van der Waals surface area contributed by atoms with E-state index < -0.39 is 0 Å². The van der Waals surface area contributed by atoms with Crippen molar-refractivity contribution in [1.29, 1.82) is 0 Å². The molecule has 0 radical (unpaired) electrons. The number of aromatic nitrogens is 2. The first-order valence-corrected chi connectivity index (χ1v) is 9.42. The van der Waals surface area contributed by atoms with Gasteiger partial charge in [0, 0.05) is 20.3 Å². The van der Waals surface area contributed by atoms with Gasteiger partial charge in [0.2, 0.25) is 12.7 Å². The van der Waals surface area contributed by atoms with E-state index in [1.807, 2.05) is 12.1 Å². The van der Waals surface area contributed by atoms with Gasteiger partial charge in [0.15, 0.2) is 11.5 Å². The molecule has 1 aliphatic heterocycles. The molecule has 2 aromatic carbocycles. The van der Waals surface area contributed by atoms with Gasteiger partial charge in [-0.25, -0.2) is 10.4 Å². The molecule has 8 nitrogen and oxygen atoms in total. The number of hydrazone groups is 1. The molecule has 0 amide bonds. The minimum atomic E-state index is -0.129. The highest BCUT2D eigenvalue weighted by Gasteiger charge is 2.17. The lowest BCUT2D eigenvalue weighted by molar-refractivity contribution is 0.174. The molecule has 0 aliphatic carbocycles. The van der Waals surface area contributed by atoms with E-state index in [0.717, 1.165) is 5.56 Å². The second-order valence-electron chi connectivity index (χ2n) is 6.36. The summed E-state index contributed by atoms with van der Waals surface area (Å²) in [7, 11) is 1.63. The molecule has 0 fully saturated rings. The first-order valence-electron chi connectivity index (χ1n) is 9.04. The van der Waals surface area contributed by atoms with Gasteiger partial charge in [-0.05, 0) is 36.2 Å². The molecule has 0 saturated carbocycles. The lowest BCUT2D eigenvalue weighted by Crippen LogP contribution is -2.24. The van der Waals surface area contributed by atoms with Crippen LogP contribution in [0.25, 0.3) is 10.9 Å². The number of fused-ring (bicyclic) bond motifs is 2. The van der Waals surface area contributed by atoms with Gasteiger partial charge < -0.3 is 14.2 Å². The highest BCUT2D eigenvalue weighted by Crippen LogP contribution is 2.39. The molecule has 1 aliphatic rings. The molecular formula is C20H19ClN4O4. The molecule has 1 aromatic heterocycles. The van der Waals surface area contributed by atoms with Crippen LogP contribution in [0.3, 0.4) is 0 Å². The summed E-state index contributed by atoms with van der Waals surface area (Å²) in [6.45, 7) is 1.14. The van der Waals surface area contributed by atoms with E-state index in [9.17, 15) is 4.79 Å². The van der Waals surface area contributed by atoms with E-state index in [4.69, 9.17) is 25.8 Å². The predicted octanol–water partition coefficient (Wildman–Crippen LogP) is 3.26. The topological polar surface area (TPSA) is 87.0 Å². The number of hydrogen-bond acceptors (Lipinski definition) is 7. The average molecular weight is 415 g/mol. The summed E-state index contributed by atoms with van der Waals surface area (Å²) < 4.78 is 17.3. The van der Waals surface area contributed by atoms with Gasteiger partial charge in [-0.1, -0.05) is 23.7 Å². The van der Waals surface area contributed by atoms with Crippen LogP contribution < -0.4 is 20.5 Å². The van der Waals surface area contributed by atoms with Crippen molar-refractivity contribution in [2.45, 2.75) is 13.0 Å². The number of methoxy groups -OCH3 is 1. The second-order valence-corrected chi connectivity index (χ2v) is 6.77. The van der Waals surface area contributed by atoms with E-state index in [1.54, 1.807) is 42.2 Å². The normalized spacial score (nSPS) is 12.8. The molecule has 29 heavy (non-hydrogen) atoms. The largest absolute Gasteiger partial charge is 0.454 e. The summed E-state index contributed by atoms with van der Waals surface area (Å²) in [5.41, 5.74) is 4.07. The summed E-state index contributed by atoms with van der Waals surface area (Å²) in [6.07, 6.45) is 2.25. The highest BCUT2D eigenvalue weighted by atomic mass is 35.5. The van der Waals surface area contributed by atoms with Gasteiger partial charge in [0.1, 0.15) is 0 Å². The van der Waals surface area contributed by atoms with Crippen LogP contribution in [0.1, 0.15) is 12.0 Å². The standard InChI is InChI=1S/C20H19ClN4O4/c1-27-8-4-7-25-19(26)14-5-2-3-6-16(14)23-20(25)24-22-11-13-9-15(21)18-17(10-13)28-12-29-18/h2-3,5-6,9-11H,4,7-8,12H2,1H3,(H,23,24)/b22-11-. The van der Waals surface area contributed by atoms with Crippen LogP contribution in [0.5, 0.6) is 11.5 Å². The van der Waals surface area contributed by atoms with Crippen LogP contribution >= 0.6 is 11.6 Å². The Morgan fingerprint density at radius 3 is 3.07 bits per heavy atom. The van der Waals surface area contributed by atoms with E-state index in [1.165, 1.54) is 0 Å². The fourth-order valence-corrected chi connectivity index (χ4v) is 3.33. The average Bonchev–Trinajstić information content (AvgIpc) is 3.20. The van der Waals surface area contributed by atoms with Gasteiger partial charge in [0.05, 0.1) is 22.1 Å². The monoisotopic (exact) mass is 414 g/mol. The highest BCUT2D eigenvalue weighted by molar-refractivity contribution is 6.32. The molecule has 150 valence electrons. The van der Waals surface area contributed by atoms with Crippen molar-refractivity contribution in [3.8, 4) is 11.5 Å². The Bertz CT molecular complexity index is 1130. The van der Waals surface area contributed by atoms with Gasteiger partial charge in [-0.15, -0.1) is 0 Å². The molecule has 0 bridgehead atoms. The molecule has 9 heteroatoms. The molecule has 0 spiro atoms. The zero-order valence-corrected chi connectivity index (χ0v) is 16.5. The van der Waals surface area contributed by atoms with Crippen LogP contribution in [-0.4, -0.2) is 36.3 Å². The summed E-state index contributed by atoms with van der Waals surface area (Å²) >= 11 is 6.20. The predicted molar refractivity (Wildman–Crippen MR) is 111 cm³/mol. The first-order chi connectivity index (χ1) is 14.2. The number of benzene rings is 2. The Morgan fingerprint density at radius 2 is 2.21 bits per heavy atom. The minimum Gasteiger partial charge on any atom is -0.454 e. The summed E-state index contributed by atoms with van der Waals surface area (Å²) in [5.74, 6) is 1.45. The Hall–Kier alpha value is -3.10. The smallest absolute Gasteiger partial charge is 0.262 e. The molecule has 0 atom stereocenters. The molecule has 1 N–H and O–H groups in total. The zero-order valence-electron chi connectivity index (χ0n) is 15.7. The summed E-state index contributed by atoms with van der Waals surface area (Å²) in [4.78, 5) is 17.4. The van der Waals surface area contributed by atoms with Crippen molar-refractivity contribution in [1.82, 2.24) is 9.55 Å². The Kier molecular flexibility index (Phi) is 5.64. The third-order valence-electron chi connectivity index (χ3n) is 4.42. The van der Waals surface area contributed by atoms with Crippen molar-refractivity contribution in [3.05, 3.63) is 57.3 Å². The third kappa shape index (κ3) is 4.03. The van der Waals surface area contributed by atoms with Crippen LogP contribution in [0, 0.1) is 0 Å². The van der Waals surface area contributed by atoms with Gasteiger partial charge in [-0.2, -0.15) is 5.10 Å². The maximum atomic E-state index is 12.9.